The summed E-state index contributed by atoms with van der Waals surface area (Å²) in [5.41, 5.74) is 5.50. The summed E-state index contributed by atoms with van der Waals surface area (Å²) in [5.74, 6) is 2.19. The maximum absolute atomic E-state index is 12.3. The second kappa shape index (κ2) is 44.7. The van der Waals surface area contributed by atoms with Crippen molar-refractivity contribution in [2.75, 3.05) is 51.9 Å². The second-order valence-electron chi connectivity index (χ2n) is 24.3. The van der Waals surface area contributed by atoms with Crippen LogP contribution in [0.2, 0.25) is 0 Å². The number of hydroxylamine groups is 6. The molecule has 110 heavy (non-hydrogen) atoms. The number of aryl methyl sites for hydroxylation is 10. The van der Waals surface area contributed by atoms with Crippen molar-refractivity contribution in [3.8, 4) is 32.6 Å². The number of thiazole rings is 5. The first kappa shape index (κ1) is 93.0. The fraction of sp³-hybridized carbons (Fsp3) is 0.464. The fourth-order valence-corrected chi connectivity index (χ4v) is 21.8. The van der Waals surface area contributed by atoms with Crippen molar-refractivity contribution < 1.29 is 67.3 Å². The number of aromatic nitrogens is 6. The van der Waals surface area contributed by atoms with Gasteiger partial charge >= 0.3 is 17.8 Å². The van der Waals surface area contributed by atoms with Crippen molar-refractivity contribution in [3.63, 3.8) is 0 Å². The standard InChI is InChI=1S/C21H34N2OS2.C19H17N3O2S2.C12H17N3OS2.C9H6F6N2OS2.C8H6N2S2.4OS/c1-5-7-11-17(6-2)14-23(18-12-9-8-10-13-18)24-21-22-19-15(3)25-16(4)20(19)26-21;1-12-17-18(13(2)25-12)26-19(21-17)24-22(16-6-4-5-11-20-16)14-7-9-15(23-3)10-8-14;1-8-10-11(9(2)17-8)18-12(13-10)16-15-6-4-14(3)5-7-15;1-3-5-6(4(2)19-3)20-7(16-5)18-17(8(10,11)12)9(13,14)15;1-4-7-8(5(2)11-4)12-6(3-9)10-7;4*1-2/h17-18H,5-14H2,1-4H3;4-11H,1-3H3;4-7H2,1-3H3;1-2H3;1-2H3;;;;. The molecule has 0 N–H and O–H groups in total. The Kier molecular flexibility index (Phi) is 37.8. The highest BCUT2D eigenvalue weighted by Crippen LogP contribution is 2.44. The summed E-state index contributed by atoms with van der Waals surface area (Å²) in [4.78, 5) is 62.8. The molecule has 1 saturated heterocycles. The highest BCUT2D eigenvalue weighted by Gasteiger charge is 2.57. The lowest BCUT2D eigenvalue weighted by Crippen LogP contribution is -2.50. The van der Waals surface area contributed by atoms with Crippen molar-refractivity contribution in [3.05, 3.63) is 102 Å². The summed E-state index contributed by atoms with van der Waals surface area (Å²) in [7, 11) is 3.79. The molecule has 1 unspecified atom stereocenters. The molecule has 1 aliphatic carbocycles. The predicted molar refractivity (Wildman–Crippen MR) is 444 cm³/mol. The van der Waals surface area contributed by atoms with E-state index in [1.807, 2.05) is 77.1 Å². The summed E-state index contributed by atoms with van der Waals surface area (Å²) in [6, 6.07) is 16.0. The van der Waals surface area contributed by atoms with E-state index in [0.29, 0.717) is 48.5 Å². The largest absolute Gasteiger partial charge is 0.500 e. The molecule has 596 valence electrons. The van der Waals surface area contributed by atoms with Crippen LogP contribution in [0.5, 0.6) is 26.5 Å². The lowest BCUT2D eigenvalue weighted by molar-refractivity contribution is -0.455. The molecule has 1 saturated carbocycles. The molecule has 12 heterocycles. The van der Waals surface area contributed by atoms with Gasteiger partial charge in [-0.25, -0.2) is 24.9 Å². The number of methoxy groups -OCH3 is 1. The third-order valence-electron chi connectivity index (χ3n) is 16.7. The van der Waals surface area contributed by atoms with Crippen LogP contribution in [0.1, 0.15) is 125 Å². The zero-order valence-electron chi connectivity index (χ0n) is 62.2. The zero-order chi connectivity index (χ0) is 81.3. The minimum Gasteiger partial charge on any atom is -0.497 e. The van der Waals surface area contributed by atoms with Gasteiger partial charge in [0.15, 0.2) is 61.0 Å². The third-order valence-corrected chi connectivity index (χ3v) is 27.7. The fourth-order valence-electron chi connectivity index (χ4n) is 11.5. The van der Waals surface area contributed by atoms with Gasteiger partial charge < -0.3 is 29.0 Å². The van der Waals surface area contributed by atoms with E-state index in [1.165, 1.54) is 138 Å². The summed E-state index contributed by atoms with van der Waals surface area (Å²) < 4.78 is 116. The van der Waals surface area contributed by atoms with Crippen LogP contribution < -0.4 is 29.2 Å². The molecule has 0 spiro atoms. The van der Waals surface area contributed by atoms with Crippen LogP contribution in [0.15, 0.2) is 48.7 Å². The van der Waals surface area contributed by atoms with Crippen LogP contribution >= 0.6 is 113 Å². The molecular formula is C69H80F6N12O9S14. The van der Waals surface area contributed by atoms with Gasteiger partial charge in [-0.05, 0) is 138 Å². The summed E-state index contributed by atoms with van der Waals surface area (Å²) in [6.45, 7) is 30.0. The molecule has 0 bridgehead atoms. The normalized spacial score (nSPS) is 13.4. The van der Waals surface area contributed by atoms with Gasteiger partial charge in [-0.2, -0.15) is 58.5 Å². The Morgan fingerprint density at radius 2 is 0.955 bits per heavy atom. The van der Waals surface area contributed by atoms with Crippen LogP contribution in [0, 0.1) is 86.5 Å². The van der Waals surface area contributed by atoms with E-state index in [2.05, 4.69) is 165 Å². The van der Waals surface area contributed by atoms with Crippen LogP contribution in [-0.4, -0.2) is 132 Å². The monoisotopic (exact) mass is 1780 g/mol. The topological polar surface area (TPSA) is 232 Å². The molecule has 2 fully saturated rings. The number of nitriles is 1. The molecule has 14 rings (SSSR count). The second-order valence-corrected chi connectivity index (χ2v) is 36.3. The van der Waals surface area contributed by atoms with Crippen molar-refractivity contribution >= 4 is 226 Å². The smallest absolute Gasteiger partial charge is 0.497 e. The maximum Gasteiger partial charge on any atom is 0.500 e. The number of fused-ring (bicyclic) bond motifs is 5. The third kappa shape index (κ3) is 25.1. The minimum absolute atomic E-state index is 0.358. The molecular weight excluding hydrogens is 1700 g/mol. The van der Waals surface area contributed by atoms with Crippen molar-refractivity contribution in [1.82, 2.24) is 50.0 Å². The SMILES string of the molecule is CCCCC(CC)CN(Oc1nc2c(C)sc(C)c2s1)C1CCCCC1.COc1ccc(N(Oc2nc3c(C)sc(C)c3s2)c2ccccn2)cc1.Cc1sc(C)c2sc(C#N)nc12.Cc1sc(C)c2sc(ON(C(F)(F)F)C(F)(F)F)nc12.Cc1sc(C)c2sc(ON3CCN(C)CC3)nc12.O=S.O=S.O=S.O=S. The zero-order valence-corrected chi connectivity index (χ0v) is 73.6. The first-order chi connectivity index (χ1) is 52.6. The Balaban J connectivity index is 0.000000213. The van der Waals surface area contributed by atoms with Gasteiger partial charge in [0.05, 0.1) is 68.9 Å². The Hall–Kier alpha value is -5.89. The van der Waals surface area contributed by atoms with E-state index in [9.17, 15) is 26.3 Å². The molecule has 1 aliphatic heterocycles. The van der Waals surface area contributed by atoms with Gasteiger partial charge in [-0.1, -0.05) is 104 Å². The average molecular weight is 1780 g/mol. The summed E-state index contributed by atoms with van der Waals surface area (Å²) in [5, 5.41) is 14.8. The number of pyridine rings is 1. The van der Waals surface area contributed by atoms with E-state index < -0.39 is 22.9 Å². The minimum atomic E-state index is -5.71. The van der Waals surface area contributed by atoms with Crippen LogP contribution in [0.3, 0.4) is 0 Å². The first-order valence-corrected chi connectivity index (χ1v) is 43.2. The van der Waals surface area contributed by atoms with Gasteiger partial charge in [-0.3, -0.25) is 0 Å². The van der Waals surface area contributed by atoms with E-state index in [-0.39, 0.29) is 0 Å². The number of halogens is 6. The van der Waals surface area contributed by atoms with Gasteiger partial charge in [-0.15, -0.1) is 78.1 Å². The lowest BCUT2D eigenvalue weighted by Gasteiger charge is -2.34. The summed E-state index contributed by atoms with van der Waals surface area (Å²) >= 11 is 26.9. The molecule has 21 nitrogen and oxygen atoms in total. The lowest BCUT2D eigenvalue weighted by atomic mass is 9.93. The quantitative estimate of drug-likeness (QED) is 0.0441. The number of hydrogen-bond donors (Lipinski definition) is 0. The highest BCUT2D eigenvalue weighted by atomic mass is 32.1. The molecule has 1 aromatic carbocycles. The van der Waals surface area contributed by atoms with Crippen molar-refractivity contribution in [2.24, 2.45) is 5.92 Å². The molecule has 0 radical (unpaired) electrons. The van der Waals surface area contributed by atoms with Crippen LogP contribution in [0.25, 0.3) is 51.1 Å². The van der Waals surface area contributed by atoms with E-state index in [1.54, 1.807) is 88.9 Å². The number of benzene rings is 1. The number of thiophene rings is 5. The maximum atomic E-state index is 12.3. The average Bonchev–Trinajstić information content (AvgIpc) is 1.67. The van der Waals surface area contributed by atoms with E-state index in [0.717, 1.165) is 87.4 Å². The Labute approximate surface area is 694 Å². The number of rotatable bonds is 18. The molecule has 2 aliphatic rings. The predicted octanol–water partition coefficient (Wildman–Crippen LogP) is 21.3. The van der Waals surface area contributed by atoms with E-state index in [4.69, 9.17) is 46.3 Å². The first-order valence-electron chi connectivity index (χ1n) is 33.7. The number of alkyl halides is 6. The molecule has 11 aromatic heterocycles. The van der Waals surface area contributed by atoms with Crippen molar-refractivity contribution in [2.45, 2.75) is 160 Å². The van der Waals surface area contributed by atoms with Gasteiger partial charge in [0.25, 0.3) is 15.6 Å². The highest BCUT2D eigenvalue weighted by molar-refractivity contribution is 7.44. The number of unbranched alkanes of at least 4 members (excludes halogenated alkanes) is 1. The number of likely N-dealkylation sites (N-methyl/N-ethyl adjacent to an activating group) is 1. The molecule has 12 aromatic rings. The van der Waals surface area contributed by atoms with E-state index >= 15 is 0 Å². The number of anilines is 2. The van der Waals surface area contributed by atoms with Crippen LogP contribution in [0.4, 0.5) is 37.8 Å². The Bertz CT molecular complexity index is 4650. The summed E-state index contributed by atoms with van der Waals surface area (Å²) in [6.07, 6.45) is 2.05. The number of nitrogens with zero attached hydrogens (tertiary/aromatic N) is 12. The van der Waals surface area contributed by atoms with Crippen molar-refractivity contribution in [1.29, 1.82) is 5.26 Å². The Morgan fingerprint density at radius 3 is 1.35 bits per heavy atom. The Morgan fingerprint density at radius 1 is 0.536 bits per heavy atom. The molecule has 0 amide bonds. The number of piperazine rings is 1. The van der Waals surface area contributed by atoms with Gasteiger partial charge in [0.2, 0.25) is 0 Å². The molecule has 41 heteroatoms. The van der Waals surface area contributed by atoms with Crippen LogP contribution in [-0.2, 0) is 50.1 Å². The van der Waals surface area contributed by atoms with Gasteiger partial charge in [0.1, 0.15) is 11.8 Å². The van der Waals surface area contributed by atoms with Gasteiger partial charge in [0, 0.05) is 93.7 Å². The molecule has 1 atom stereocenters. The number of ether oxygens (including phenoxy) is 1. The number of hydrogen-bond acceptors (Lipinski definition) is 35.